The minimum atomic E-state index is -0.0317. The Kier molecular flexibility index (Phi) is 4.98. The van der Waals surface area contributed by atoms with Crippen molar-refractivity contribution in [2.24, 2.45) is 5.92 Å². The van der Waals surface area contributed by atoms with E-state index in [2.05, 4.69) is 16.2 Å². The minimum Gasteiger partial charge on any atom is -0.490 e. The summed E-state index contributed by atoms with van der Waals surface area (Å²) in [5.41, 5.74) is 3.98. The Morgan fingerprint density at radius 1 is 1.16 bits per heavy atom. The Morgan fingerprint density at radius 3 is 2.77 bits per heavy atom. The molecule has 5 rings (SSSR count). The first kappa shape index (κ1) is 19.8. The number of aliphatic hydroxyl groups is 1. The third kappa shape index (κ3) is 3.39. The molecule has 0 bridgehead atoms. The van der Waals surface area contributed by atoms with Crippen LogP contribution in [0.15, 0.2) is 47.0 Å². The van der Waals surface area contributed by atoms with Crippen molar-refractivity contribution < 1.29 is 19.2 Å². The Bertz CT molecular complexity index is 1120. The predicted molar refractivity (Wildman–Crippen MR) is 114 cm³/mol. The van der Waals surface area contributed by atoms with E-state index in [-0.39, 0.29) is 30.6 Å². The fourth-order valence-corrected chi connectivity index (χ4v) is 4.86. The second-order valence-corrected chi connectivity index (χ2v) is 8.38. The normalized spacial score (nSPS) is 19.7. The lowest BCUT2D eigenvalue weighted by molar-refractivity contribution is -0.129. The molecule has 3 aromatic rings. The first-order valence-corrected chi connectivity index (χ1v) is 10.7. The summed E-state index contributed by atoms with van der Waals surface area (Å²) in [4.78, 5) is 18.9. The van der Waals surface area contributed by atoms with Crippen molar-refractivity contribution in [2.75, 3.05) is 13.2 Å². The van der Waals surface area contributed by atoms with Crippen LogP contribution in [0.3, 0.4) is 0 Å². The van der Waals surface area contributed by atoms with Gasteiger partial charge >= 0.3 is 0 Å². The maximum Gasteiger partial charge on any atom is 0.262 e. The van der Waals surface area contributed by atoms with Gasteiger partial charge in [0.1, 0.15) is 5.75 Å². The van der Waals surface area contributed by atoms with Crippen LogP contribution in [-0.2, 0) is 11.2 Å². The van der Waals surface area contributed by atoms with Crippen molar-refractivity contribution in [3.8, 4) is 28.6 Å². The molecule has 2 aromatic carbocycles. The number of para-hydroxylation sites is 1. The molecule has 1 saturated heterocycles. The highest BCUT2D eigenvalue weighted by molar-refractivity contribution is 5.81. The third-order valence-corrected chi connectivity index (χ3v) is 6.02. The molecular weight excluding hydrogens is 394 g/mol. The van der Waals surface area contributed by atoms with Crippen molar-refractivity contribution in [3.05, 3.63) is 53.6 Å². The molecule has 1 amide bonds. The van der Waals surface area contributed by atoms with E-state index in [4.69, 9.17) is 9.26 Å². The first-order valence-electron chi connectivity index (χ1n) is 10.7. The largest absolute Gasteiger partial charge is 0.490 e. The summed E-state index contributed by atoms with van der Waals surface area (Å²) < 4.78 is 11.5. The van der Waals surface area contributed by atoms with Crippen molar-refractivity contribution >= 4 is 5.91 Å². The number of likely N-dealkylation sites (tertiary alicyclic amines) is 1. The quantitative estimate of drug-likeness (QED) is 0.656. The molecule has 0 unspecified atom stereocenters. The Labute approximate surface area is 180 Å². The highest BCUT2D eigenvalue weighted by Crippen LogP contribution is 2.49. The molecule has 0 saturated carbocycles. The van der Waals surface area contributed by atoms with Crippen LogP contribution in [0.5, 0.6) is 5.75 Å². The highest BCUT2D eigenvalue weighted by Gasteiger charge is 2.46. The third-order valence-electron chi connectivity index (χ3n) is 6.02. The summed E-state index contributed by atoms with van der Waals surface area (Å²) >= 11 is 0. The molecule has 1 aromatic heterocycles. The van der Waals surface area contributed by atoms with Gasteiger partial charge in [0.2, 0.25) is 11.7 Å². The predicted octanol–water partition coefficient (Wildman–Crippen LogP) is 3.63. The number of carbonyl (C=O) groups is 1. The molecule has 2 aliphatic rings. The number of benzene rings is 2. The summed E-state index contributed by atoms with van der Waals surface area (Å²) in [5, 5.41) is 13.7. The number of amides is 1. The van der Waals surface area contributed by atoms with Gasteiger partial charge < -0.3 is 19.3 Å². The van der Waals surface area contributed by atoms with Gasteiger partial charge in [0, 0.05) is 18.5 Å². The van der Waals surface area contributed by atoms with Crippen LogP contribution >= 0.6 is 0 Å². The number of β-amino-alcohol motifs (C(OH)–C–C–N with tert-alkyl or cyclic N) is 1. The van der Waals surface area contributed by atoms with Crippen molar-refractivity contribution in [3.63, 3.8) is 0 Å². The van der Waals surface area contributed by atoms with Crippen LogP contribution in [0.4, 0.5) is 0 Å². The van der Waals surface area contributed by atoms with E-state index in [1.807, 2.05) is 50.2 Å². The smallest absolute Gasteiger partial charge is 0.262 e. The first-order chi connectivity index (χ1) is 15.1. The fourth-order valence-electron chi connectivity index (χ4n) is 4.86. The summed E-state index contributed by atoms with van der Waals surface area (Å²) in [6.45, 7) is 4.29. The second-order valence-electron chi connectivity index (χ2n) is 8.38. The van der Waals surface area contributed by atoms with Gasteiger partial charge in [-0.05, 0) is 49.4 Å². The van der Waals surface area contributed by atoms with Gasteiger partial charge in [-0.25, -0.2) is 0 Å². The van der Waals surface area contributed by atoms with Crippen LogP contribution < -0.4 is 4.74 Å². The van der Waals surface area contributed by atoms with Crippen LogP contribution in [0.2, 0.25) is 0 Å². The van der Waals surface area contributed by atoms with E-state index in [0.717, 1.165) is 28.7 Å². The molecule has 160 valence electrons. The zero-order valence-corrected chi connectivity index (χ0v) is 17.6. The van der Waals surface area contributed by atoms with Gasteiger partial charge in [-0.1, -0.05) is 35.5 Å². The lowest BCUT2D eigenvalue weighted by atomic mass is 10.0. The van der Waals surface area contributed by atoms with Crippen molar-refractivity contribution in [1.29, 1.82) is 0 Å². The van der Waals surface area contributed by atoms with Crippen LogP contribution in [0.1, 0.15) is 37.4 Å². The lowest BCUT2D eigenvalue weighted by Crippen LogP contribution is -2.30. The molecule has 2 atom stereocenters. The number of nitrogens with zero attached hydrogens (tertiary/aromatic N) is 3. The number of carbonyl (C=O) groups excluding carboxylic acids is 1. The van der Waals surface area contributed by atoms with E-state index in [9.17, 15) is 9.90 Å². The monoisotopic (exact) mass is 419 g/mol. The van der Waals surface area contributed by atoms with Gasteiger partial charge in [-0.15, -0.1) is 0 Å². The average Bonchev–Trinajstić information content (AvgIpc) is 3.43. The molecule has 7 nitrogen and oxygen atoms in total. The summed E-state index contributed by atoms with van der Waals surface area (Å²) in [6, 6.07) is 13.7. The van der Waals surface area contributed by atoms with Crippen molar-refractivity contribution in [1.82, 2.24) is 15.0 Å². The zero-order valence-electron chi connectivity index (χ0n) is 17.6. The van der Waals surface area contributed by atoms with Gasteiger partial charge in [0.15, 0.2) is 0 Å². The minimum absolute atomic E-state index is 0.0149. The van der Waals surface area contributed by atoms with E-state index in [0.29, 0.717) is 30.4 Å². The van der Waals surface area contributed by atoms with Crippen LogP contribution in [0, 0.1) is 5.92 Å². The Balaban J connectivity index is 1.51. The van der Waals surface area contributed by atoms with Crippen LogP contribution in [-0.4, -0.2) is 45.3 Å². The zero-order chi connectivity index (χ0) is 21.5. The van der Waals surface area contributed by atoms with Crippen molar-refractivity contribution in [2.45, 2.75) is 38.8 Å². The number of fused-ring (bicyclic) bond motifs is 3. The number of aromatic nitrogens is 2. The van der Waals surface area contributed by atoms with E-state index >= 15 is 0 Å². The maximum absolute atomic E-state index is 12.4. The molecule has 1 aliphatic carbocycles. The molecule has 2 heterocycles. The number of rotatable bonds is 6. The second kappa shape index (κ2) is 7.81. The molecule has 31 heavy (non-hydrogen) atoms. The Hall–Kier alpha value is -3.19. The number of hydrogen-bond acceptors (Lipinski definition) is 6. The number of aliphatic hydroxyl groups excluding tert-OH is 1. The molecule has 0 radical (unpaired) electrons. The Morgan fingerprint density at radius 2 is 1.97 bits per heavy atom. The van der Waals surface area contributed by atoms with Gasteiger partial charge in [0.25, 0.3) is 5.89 Å². The number of ether oxygens (including phenoxy) is 1. The van der Waals surface area contributed by atoms with E-state index in [1.165, 1.54) is 0 Å². The molecule has 0 spiro atoms. The summed E-state index contributed by atoms with van der Waals surface area (Å²) in [5.74, 6) is 1.99. The maximum atomic E-state index is 12.4. The van der Waals surface area contributed by atoms with E-state index < -0.39 is 0 Å². The lowest BCUT2D eigenvalue weighted by Gasteiger charge is -2.24. The molecule has 7 heteroatoms. The fraction of sp³-hybridized carbons (Fsp3) is 0.375. The van der Waals surface area contributed by atoms with Gasteiger partial charge in [-0.2, -0.15) is 4.98 Å². The molecular formula is C24H25N3O4. The van der Waals surface area contributed by atoms with Gasteiger partial charge in [0.05, 0.1) is 24.3 Å². The SMILES string of the molecule is CC(C)Oc1ccccc1-c1nc(-c2cccc3c2C[C@@H]2CC(=O)N(CCO)[C@H]32)no1. The molecule has 1 fully saturated rings. The summed E-state index contributed by atoms with van der Waals surface area (Å²) in [6.07, 6.45) is 1.33. The number of hydrogen-bond donors (Lipinski definition) is 1. The van der Waals surface area contributed by atoms with Gasteiger partial charge in [-0.3, -0.25) is 4.79 Å². The average molecular weight is 419 g/mol. The molecule has 1 N–H and O–H groups in total. The topological polar surface area (TPSA) is 88.7 Å². The standard InChI is InChI=1S/C24H25N3O4/c1-14(2)30-20-9-4-3-6-18(20)24-25-23(26-31-24)17-8-5-7-16-19(17)12-15-13-21(29)27(10-11-28)22(15)16/h3-9,14-15,22,28H,10-13H2,1-2H3/t15-,22+/m1/s1. The summed E-state index contributed by atoms with van der Waals surface area (Å²) in [7, 11) is 0. The van der Waals surface area contributed by atoms with E-state index in [1.54, 1.807) is 4.90 Å². The highest BCUT2D eigenvalue weighted by atomic mass is 16.5. The molecule has 1 aliphatic heterocycles. The van der Waals surface area contributed by atoms with Crippen LogP contribution in [0.25, 0.3) is 22.8 Å².